The van der Waals surface area contributed by atoms with Crippen LogP contribution in [0, 0.1) is 18.7 Å². The highest BCUT2D eigenvalue weighted by molar-refractivity contribution is 7.89. The van der Waals surface area contributed by atoms with Crippen LogP contribution in [0.2, 0.25) is 0 Å². The summed E-state index contributed by atoms with van der Waals surface area (Å²) in [7, 11) is -2.00. The van der Waals surface area contributed by atoms with Gasteiger partial charge in [-0.25, -0.2) is 12.8 Å². The van der Waals surface area contributed by atoms with Gasteiger partial charge in [-0.3, -0.25) is 0 Å². The normalized spacial score (nSPS) is 16.6. The van der Waals surface area contributed by atoms with Gasteiger partial charge in [0, 0.05) is 13.1 Å². The summed E-state index contributed by atoms with van der Waals surface area (Å²) in [4.78, 5) is 0.0751. The van der Waals surface area contributed by atoms with Crippen molar-refractivity contribution in [2.75, 3.05) is 20.2 Å². The molecule has 1 aliphatic heterocycles. The first kappa shape index (κ1) is 18.9. The number of piperidine rings is 1. The van der Waals surface area contributed by atoms with Gasteiger partial charge in [0.2, 0.25) is 10.0 Å². The first-order valence-electron chi connectivity index (χ1n) is 8.79. The maximum Gasteiger partial charge on any atom is 0.243 e. The molecule has 0 radical (unpaired) electrons. The smallest absolute Gasteiger partial charge is 0.243 e. The maximum atomic E-state index is 13.5. The van der Waals surface area contributed by atoms with Gasteiger partial charge in [-0.15, -0.1) is 0 Å². The van der Waals surface area contributed by atoms with Crippen molar-refractivity contribution in [2.24, 2.45) is 5.92 Å². The molecule has 1 fully saturated rings. The van der Waals surface area contributed by atoms with Gasteiger partial charge >= 0.3 is 0 Å². The summed E-state index contributed by atoms with van der Waals surface area (Å²) in [5, 5.41) is 0. The Kier molecular flexibility index (Phi) is 5.63. The molecule has 2 aromatic carbocycles. The molecule has 0 N–H and O–H groups in total. The third-order valence-corrected chi connectivity index (χ3v) is 7.07. The van der Waals surface area contributed by atoms with Crippen LogP contribution < -0.4 is 4.74 Å². The van der Waals surface area contributed by atoms with E-state index in [0.29, 0.717) is 24.6 Å². The number of benzene rings is 2. The molecule has 0 saturated carbocycles. The maximum absolute atomic E-state index is 13.5. The molecule has 1 aliphatic rings. The fourth-order valence-electron chi connectivity index (χ4n) is 3.44. The van der Waals surface area contributed by atoms with E-state index in [1.165, 1.54) is 22.0 Å². The number of sulfonamides is 1. The van der Waals surface area contributed by atoms with Crippen molar-refractivity contribution in [3.63, 3.8) is 0 Å². The SMILES string of the molecule is COc1ccc(CC2CCN(S(=O)(=O)c3cc(F)ccc3C)CC2)cc1. The number of halogens is 1. The topological polar surface area (TPSA) is 46.6 Å². The zero-order chi connectivity index (χ0) is 18.7. The molecule has 6 heteroatoms. The number of nitrogens with zero attached hydrogens (tertiary/aromatic N) is 1. The quantitative estimate of drug-likeness (QED) is 0.797. The van der Waals surface area contributed by atoms with Crippen LogP contribution in [-0.2, 0) is 16.4 Å². The van der Waals surface area contributed by atoms with E-state index < -0.39 is 15.8 Å². The summed E-state index contributed by atoms with van der Waals surface area (Å²) in [6.45, 7) is 2.64. The molecular weight excluding hydrogens is 353 g/mol. The van der Waals surface area contributed by atoms with Crippen molar-refractivity contribution in [3.05, 3.63) is 59.4 Å². The lowest BCUT2D eigenvalue weighted by molar-refractivity contribution is 0.272. The number of rotatable bonds is 5. The average Bonchev–Trinajstić information content (AvgIpc) is 2.65. The van der Waals surface area contributed by atoms with Crippen molar-refractivity contribution in [2.45, 2.75) is 31.1 Å². The van der Waals surface area contributed by atoms with E-state index in [2.05, 4.69) is 12.1 Å². The molecule has 0 unspecified atom stereocenters. The Hall–Kier alpha value is -1.92. The van der Waals surface area contributed by atoms with E-state index in [1.54, 1.807) is 14.0 Å². The molecular formula is C20H24FNO3S. The van der Waals surface area contributed by atoms with E-state index in [4.69, 9.17) is 4.74 Å². The summed E-state index contributed by atoms with van der Waals surface area (Å²) in [6, 6.07) is 11.9. The van der Waals surface area contributed by atoms with E-state index in [-0.39, 0.29) is 4.90 Å². The van der Waals surface area contributed by atoms with E-state index in [1.807, 2.05) is 12.1 Å². The van der Waals surface area contributed by atoms with Gasteiger partial charge in [-0.2, -0.15) is 4.31 Å². The van der Waals surface area contributed by atoms with Crippen LogP contribution in [0.4, 0.5) is 4.39 Å². The van der Waals surface area contributed by atoms with Gasteiger partial charge in [0.1, 0.15) is 11.6 Å². The van der Waals surface area contributed by atoms with Crippen molar-refractivity contribution in [1.82, 2.24) is 4.31 Å². The molecule has 1 saturated heterocycles. The number of hydrogen-bond acceptors (Lipinski definition) is 3. The van der Waals surface area contributed by atoms with Gasteiger partial charge in [0.25, 0.3) is 0 Å². The molecule has 2 aromatic rings. The monoisotopic (exact) mass is 377 g/mol. The Morgan fingerprint density at radius 1 is 1.12 bits per heavy atom. The Labute approximate surface area is 154 Å². The van der Waals surface area contributed by atoms with Gasteiger partial charge in [-0.05, 0) is 67.5 Å². The summed E-state index contributed by atoms with van der Waals surface area (Å²) in [5.74, 6) is 0.757. The van der Waals surface area contributed by atoms with Crippen molar-refractivity contribution >= 4 is 10.0 Å². The zero-order valence-corrected chi connectivity index (χ0v) is 15.9. The predicted octanol–water partition coefficient (Wildman–Crippen LogP) is 3.79. The Balaban J connectivity index is 1.64. The molecule has 1 heterocycles. The summed E-state index contributed by atoms with van der Waals surface area (Å²) >= 11 is 0. The third kappa shape index (κ3) is 4.07. The molecule has 3 rings (SSSR count). The van der Waals surface area contributed by atoms with Crippen LogP contribution in [0.1, 0.15) is 24.0 Å². The summed E-state index contributed by atoms with van der Waals surface area (Å²) in [6.07, 6.45) is 2.54. The first-order valence-corrected chi connectivity index (χ1v) is 10.2. The van der Waals surface area contributed by atoms with E-state index in [9.17, 15) is 12.8 Å². The molecule has 4 nitrogen and oxygen atoms in total. The second-order valence-corrected chi connectivity index (χ2v) is 8.72. The first-order chi connectivity index (χ1) is 12.4. The number of ether oxygens (including phenoxy) is 1. The molecule has 0 atom stereocenters. The Morgan fingerprint density at radius 3 is 2.38 bits per heavy atom. The molecule has 0 amide bonds. The fraction of sp³-hybridized carbons (Fsp3) is 0.400. The minimum Gasteiger partial charge on any atom is -0.497 e. The van der Waals surface area contributed by atoms with Crippen molar-refractivity contribution in [3.8, 4) is 5.75 Å². The van der Waals surface area contributed by atoms with Crippen LogP contribution in [0.3, 0.4) is 0 Å². The number of hydrogen-bond donors (Lipinski definition) is 0. The highest BCUT2D eigenvalue weighted by Crippen LogP contribution is 2.28. The Bertz CT molecular complexity index is 857. The second-order valence-electron chi connectivity index (χ2n) is 6.81. The van der Waals surface area contributed by atoms with E-state index >= 15 is 0 Å². The van der Waals surface area contributed by atoms with Crippen molar-refractivity contribution in [1.29, 1.82) is 0 Å². The van der Waals surface area contributed by atoms with Gasteiger partial charge in [0.15, 0.2) is 0 Å². The third-order valence-electron chi connectivity index (χ3n) is 5.02. The zero-order valence-electron chi connectivity index (χ0n) is 15.1. The van der Waals surface area contributed by atoms with Crippen LogP contribution in [0.15, 0.2) is 47.4 Å². The van der Waals surface area contributed by atoms with Crippen molar-refractivity contribution < 1.29 is 17.5 Å². The lowest BCUT2D eigenvalue weighted by Gasteiger charge is -2.31. The van der Waals surface area contributed by atoms with Gasteiger partial charge in [0.05, 0.1) is 12.0 Å². The fourth-order valence-corrected chi connectivity index (χ4v) is 5.15. The summed E-state index contributed by atoms with van der Waals surface area (Å²) in [5.41, 5.74) is 1.81. The number of aryl methyl sites for hydroxylation is 1. The lowest BCUT2D eigenvalue weighted by Crippen LogP contribution is -2.39. The van der Waals surface area contributed by atoms with Crippen LogP contribution in [0.5, 0.6) is 5.75 Å². The van der Waals surface area contributed by atoms with E-state index in [0.717, 1.165) is 31.1 Å². The summed E-state index contributed by atoms with van der Waals surface area (Å²) < 4.78 is 45.8. The number of methoxy groups -OCH3 is 1. The minimum absolute atomic E-state index is 0.0751. The highest BCUT2D eigenvalue weighted by Gasteiger charge is 2.30. The average molecular weight is 377 g/mol. The van der Waals surface area contributed by atoms with Gasteiger partial charge < -0.3 is 4.74 Å². The Morgan fingerprint density at radius 2 is 1.77 bits per heavy atom. The molecule has 0 aromatic heterocycles. The lowest BCUT2D eigenvalue weighted by atomic mass is 9.91. The van der Waals surface area contributed by atoms with Crippen LogP contribution in [0.25, 0.3) is 0 Å². The van der Waals surface area contributed by atoms with Gasteiger partial charge in [-0.1, -0.05) is 18.2 Å². The highest BCUT2D eigenvalue weighted by atomic mass is 32.2. The largest absolute Gasteiger partial charge is 0.497 e. The molecule has 0 aliphatic carbocycles. The molecule has 140 valence electrons. The second kappa shape index (κ2) is 7.76. The van der Waals surface area contributed by atoms with Crippen LogP contribution >= 0.6 is 0 Å². The molecule has 0 bridgehead atoms. The standard InChI is InChI=1S/C20H24FNO3S/c1-15-3-6-18(21)14-20(15)26(23,24)22-11-9-17(10-12-22)13-16-4-7-19(25-2)8-5-16/h3-8,14,17H,9-13H2,1-2H3. The minimum atomic E-state index is -3.64. The molecule has 0 spiro atoms. The predicted molar refractivity (Wildman–Crippen MR) is 99.3 cm³/mol. The molecule has 26 heavy (non-hydrogen) atoms. The van der Waals surface area contributed by atoms with Crippen LogP contribution in [-0.4, -0.2) is 32.9 Å².